The highest BCUT2D eigenvalue weighted by molar-refractivity contribution is 9.10. The quantitative estimate of drug-likeness (QED) is 0.946. The average molecular weight is 307 g/mol. The molecule has 1 heterocycles. The van der Waals surface area contributed by atoms with Crippen LogP contribution in [-0.2, 0) is 20.0 Å². The minimum atomic E-state index is 0.425. The van der Waals surface area contributed by atoms with Gasteiger partial charge in [-0.15, -0.1) is 10.2 Å². The summed E-state index contributed by atoms with van der Waals surface area (Å²) in [6.07, 6.45) is 4.01. The molecule has 0 spiro atoms. The second-order valence-corrected chi connectivity index (χ2v) is 5.49. The highest BCUT2D eigenvalue weighted by Crippen LogP contribution is 2.35. The SMILES string of the molecule is Cn1cnnc1CNC1CCc2c(Br)cccc21. The van der Waals surface area contributed by atoms with Gasteiger partial charge in [-0.05, 0) is 30.0 Å². The number of rotatable bonds is 3. The molecule has 18 heavy (non-hydrogen) atoms. The minimum Gasteiger partial charge on any atom is -0.320 e. The fourth-order valence-electron chi connectivity index (χ4n) is 2.50. The van der Waals surface area contributed by atoms with Crippen molar-refractivity contribution in [3.63, 3.8) is 0 Å². The molecule has 0 saturated heterocycles. The van der Waals surface area contributed by atoms with Gasteiger partial charge in [0.05, 0.1) is 6.54 Å². The predicted octanol–water partition coefficient (Wildman–Crippen LogP) is 2.35. The molecule has 0 aliphatic heterocycles. The third kappa shape index (κ3) is 2.08. The van der Waals surface area contributed by atoms with Gasteiger partial charge in [-0.25, -0.2) is 0 Å². The van der Waals surface area contributed by atoms with Crippen molar-refractivity contribution in [1.29, 1.82) is 0 Å². The van der Waals surface area contributed by atoms with Crippen molar-refractivity contribution >= 4 is 15.9 Å². The number of aromatic nitrogens is 3. The van der Waals surface area contributed by atoms with Gasteiger partial charge >= 0.3 is 0 Å². The van der Waals surface area contributed by atoms with Crippen molar-refractivity contribution < 1.29 is 0 Å². The van der Waals surface area contributed by atoms with Gasteiger partial charge in [0.2, 0.25) is 0 Å². The zero-order valence-corrected chi connectivity index (χ0v) is 11.8. The Hall–Kier alpha value is -1.20. The van der Waals surface area contributed by atoms with Crippen LogP contribution in [0.1, 0.15) is 29.4 Å². The normalized spacial score (nSPS) is 18.0. The van der Waals surface area contributed by atoms with Crippen molar-refractivity contribution in [3.8, 4) is 0 Å². The minimum absolute atomic E-state index is 0.425. The Morgan fingerprint density at radius 3 is 3.17 bits per heavy atom. The number of fused-ring (bicyclic) bond motifs is 1. The highest BCUT2D eigenvalue weighted by Gasteiger charge is 2.23. The standard InChI is InChI=1S/C13H15BrN4/c1-18-8-16-17-13(18)7-15-12-6-5-9-10(12)3-2-4-11(9)14/h2-4,8,12,15H,5-7H2,1H3. The summed E-state index contributed by atoms with van der Waals surface area (Å²) in [5.41, 5.74) is 2.85. The zero-order chi connectivity index (χ0) is 12.5. The molecule has 5 heteroatoms. The van der Waals surface area contributed by atoms with Crippen molar-refractivity contribution in [3.05, 3.63) is 46.0 Å². The first-order valence-corrected chi connectivity index (χ1v) is 6.88. The Labute approximate surface area is 115 Å². The number of benzene rings is 1. The van der Waals surface area contributed by atoms with Crippen LogP contribution in [-0.4, -0.2) is 14.8 Å². The number of nitrogens with one attached hydrogen (secondary N) is 1. The third-order valence-electron chi connectivity index (χ3n) is 3.53. The molecule has 2 aromatic rings. The number of aryl methyl sites for hydroxylation is 1. The monoisotopic (exact) mass is 306 g/mol. The Kier molecular flexibility index (Phi) is 3.18. The molecule has 1 aromatic carbocycles. The van der Waals surface area contributed by atoms with E-state index in [1.807, 2.05) is 11.6 Å². The molecule has 1 aliphatic carbocycles. The lowest BCUT2D eigenvalue weighted by Crippen LogP contribution is -2.20. The van der Waals surface area contributed by atoms with E-state index in [2.05, 4.69) is 49.6 Å². The first-order chi connectivity index (χ1) is 8.75. The van der Waals surface area contributed by atoms with Gasteiger partial charge in [0, 0.05) is 17.6 Å². The predicted molar refractivity (Wildman–Crippen MR) is 73.0 cm³/mol. The molecule has 1 aliphatic rings. The highest BCUT2D eigenvalue weighted by atomic mass is 79.9. The Bertz CT molecular complexity index is 564. The molecule has 0 radical (unpaired) electrons. The molecule has 1 N–H and O–H groups in total. The molecule has 4 nitrogen and oxygen atoms in total. The topological polar surface area (TPSA) is 42.7 Å². The average Bonchev–Trinajstić information content (AvgIpc) is 2.94. The lowest BCUT2D eigenvalue weighted by molar-refractivity contribution is 0.511. The first kappa shape index (κ1) is 11.9. The first-order valence-electron chi connectivity index (χ1n) is 6.09. The van der Waals surface area contributed by atoms with Gasteiger partial charge in [0.1, 0.15) is 12.2 Å². The molecular formula is C13H15BrN4. The number of nitrogens with zero attached hydrogens (tertiary/aromatic N) is 3. The number of hydrogen-bond acceptors (Lipinski definition) is 3. The molecular weight excluding hydrogens is 292 g/mol. The van der Waals surface area contributed by atoms with Crippen LogP contribution in [0.4, 0.5) is 0 Å². The largest absolute Gasteiger partial charge is 0.320 e. The van der Waals surface area contributed by atoms with E-state index in [4.69, 9.17) is 0 Å². The number of halogens is 1. The van der Waals surface area contributed by atoms with Crippen molar-refractivity contribution in [1.82, 2.24) is 20.1 Å². The second-order valence-electron chi connectivity index (χ2n) is 4.64. The summed E-state index contributed by atoms with van der Waals surface area (Å²) in [6, 6.07) is 6.85. The van der Waals surface area contributed by atoms with E-state index >= 15 is 0 Å². The summed E-state index contributed by atoms with van der Waals surface area (Å²) < 4.78 is 3.17. The van der Waals surface area contributed by atoms with Gasteiger partial charge in [0.25, 0.3) is 0 Å². The molecule has 0 saturated carbocycles. The van der Waals surface area contributed by atoms with Crippen LogP contribution in [0.2, 0.25) is 0 Å². The van der Waals surface area contributed by atoms with Gasteiger partial charge < -0.3 is 9.88 Å². The fourth-order valence-corrected chi connectivity index (χ4v) is 3.08. The molecule has 1 atom stereocenters. The van der Waals surface area contributed by atoms with Crippen LogP contribution in [0, 0.1) is 0 Å². The molecule has 0 fully saturated rings. The van der Waals surface area contributed by atoms with Gasteiger partial charge in [-0.2, -0.15) is 0 Å². The maximum Gasteiger partial charge on any atom is 0.146 e. The van der Waals surface area contributed by atoms with Crippen LogP contribution in [0.5, 0.6) is 0 Å². The third-order valence-corrected chi connectivity index (χ3v) is 4.27. The Morgan fingerprint density at radius 2 is 2.39 bits per heavy atom. The Balaban J connectivity index is 1.74. The fraction of sp³-hybridized carbons (Fsp3) is 0.385. The molecule has 3 rings (SSSR count). The smallest absolute Gasteiger partial charge is 0.146 e. The summed E-state index contributed by atoms with van der Waals surface area (Å²) in [4.78, 5) is 0. The van der Waals surface area contributed by atoms with Crippen LogP contribution >= 0.6 is 15.9 Å². The zero-order valence-electron chi connectivity index (χ0n) is 10.2. The summed E-state index contributed by atoms with van der Waals surface area (Å²) in [7, 11) is 1.97. The summed E-state index contributed by atoms with van der Waals surface area (Å²) in [6.45, 7) is 0.757. The maximum atomic E-state index is 4.09. The van der Waals surface area contributed by atoms with Crippen molar-refractivity contribution in [2.75, 3.05) is 0 Å². The van der Waals surface area contributed by atoms with Crippen LogP contribution in [0.3, 0.4) is 0 Å². The molecule has 0 amide bonds. The summed E-state index contributed by atoms with van der Waals surface area (Å²) >= 11 is 3.62. The second kappa shape index (κ2) is 4.82. The molecule has 1 unspecified atom stereocenters. The van der Waals surface area contributed by atoms with E-state index in [0.29, 0.717) is 6.04 Å². The van der Waals surface area contributed by atoms with E-state index < -0.39 is 0 Å². The van der Waals surface area contributed by atoms with Crippen LogP contribution in [0.25, 0.3) is 0 Å². The molecule has 94 valence electrons. The van der Waals surface area contributed by atoms with E-state index in [-0.39, 0.29) is 0 Å². The van der Waals surface area contributed by atoms with E-state index in [9.17, 15) is 0 Å². The van der Waals surface area contributed by atoms with Crippen molar-refractivity contribution in [2.45, 2.75) is 25.4 Å². The van der Waals surface area contributed by atoms with E-state index in [1.54, 1.807) is 6.33 Å². The molecule has 0 bridgehead atoms. The van der Waals surface area contributed by atoms with E-state index in [0.717, 1.165) is 25.2 Å². The lowest BCUT2D eigenvalue weighted by atomic mass is 10.1. The van der Waals surface area contributed by atoms with Gasteiger partial charge in [-0.1, -0.05) is 28.1 Å². The van der Waals surface area contributed by atoms with Crippen molar-refractivity contribution in [2.24, 2.45) is 7.05 Å². The molecule has 1 aromatic heterocycles. The summed E-state index contributed by atoms with van der Waals surface area (Å²) in [5, 5.41) is 11.5. The van der Waals surface area contributed by atoms with Gasteiger partial charge in [-0.3, -0.25) is 0 Å². The maximum absolute atomic E-state index is 4.09. The van der Waals surface area contributed by atoms with Crippen LogP contribution < -0.4 is 5.32 Å². The van der Waals surface area contributed by atoms with Crippen LogP contribution in [0.15, 0.2) is 29.0 Å². The summed E-state index contributed by atoms with van der Waals surface area (Å²) in [5.74, 6) is 0.971. The van der Waals surface area contributed by atoms with E-state index in [1.165, 1.54) is 15.6 Å². The number of hydrogen-bond donors (Lipinski definition) is 1. The van der Waals surface area contributed by atoms with Gasteiger partial charge in [0.15, 0.2) is 0 Å². The lowest BCUT2D eigenvalue weighted by Gasteiger charge is -2.13. The Morgan fingerprint density at radius 1 is 1.50 bits per heavy atom.